The molecular weight excluding hydrogens is 274 g/mol. The topological polar surface area (TPSA) is 37.4 Å². The van der Waals surface area contributed by atoms with Crippen molar-refractivity contribution in [3.63, 3.8) is 0 Å². The van der Waals surface area contributed by atoms with Gasteiger partial charge in [-0.1, -0.05) is 6.07 Å². The number of anilines is 1. The molecule has 0 bridgehead atoms. The van der Waals surface area contributed by atoms with Gasteiger partial charge in [0, 0.05) is 30.4 Å². The Hall–Kier alpha value is -2.07. The van der Waals surface area contributed by atoms with E-state index in [-0.39, 0.29) is 0 Å². The lowest BCUT2D eigenvalue weighted by molar-refractivity contribution is 0.386. The van der Waals surface area contributed by atoms with Gasteiger partial charge in [0.25, 0.3) is 0 Å². The van der Waals surface area contributed by atoms with E-state index in [1.807, 2.05) is 12.1 Å². The van der Waals surface area contributed by atoms with Crippen LogP contribution in [0.3, 0.4) is 0 Å². The minimum Gasteiger partial charge on any atom is -0.481 e. The number of nitrogens with one attached hydrogen (secondary N) is 1. The fraction of sp³-hybridized carbons (Fsp3) is 0.389. The maximum Gasteiger partial charge on any atom is 0.213 e. The van der Waals surface area contributed by atoms with Crippen molar-refractivity contribution in [1.29, 1.82) is 0 Å². The lowest BCUT2D eigenvalue weighted by Crippen LogP contribution is -2.16. The molecule has 22 heavy (non-hydrogen) atoms. The Morgan fingerprint density at radius 1 is 1.23 bits per heavy atom. The number of hydrogen-bond acceptors (Lipinski definition) is 4. The summed E-state index contributed by atoms with van der Waals surface area (Å²) >= 11 is 0. The summed E-state index contributed by atoms with van der Waals surface area (Å²) < 4.78 is 5.23. The Morgan fingerprint density at radius 2 is 2.05 bits per heavy atom. The average molecular weight is 297 g/mol. The highest BCUT2D eigenvalue weighted by Gasteiger charge is 2.22. The van der Waals surface area contributed by atoms with E-state index in [0.717, 1.165) is 18.7 Å². The van der Waals surface area contributed by atoms with Crippen LogP contribution in [0.5, 0.6) is 5.88 Å². The number of benzene rings is 1. The molecule has 1 atom stereocenters. The molecule has 116 valence electrons. The number of ether oxygens (including phenoxy) is 1. The van der Waals surface area contributed by atoms with Crippen LogP contribution in [0.2, 0.25) is 0 Å². The third kappa shape index (κ3) is 3.07. The van der Waals surface area contributed by atoms with Crippen molar-refractivity contribution in [2.75, 3.05) is 39.6 Å². The van der Waals surface area contributed by atoms with E-state index in [2.05, 4.69) is 47.5 Å². The van der Waals surface area contributed by atoms with Crippen LogP contribution in [0.15, 0.2) is 36.5 Å². The summed E-state index contributed by atoms with van der Waals surface area (Å²) in [4.78, 5) is 6.43. The van der Waals surface area contributed by atoms with Crippen molar-refractivity contribution >= 4 is 5.69 Å². The van der Waals surface area contributed by atoms with Gasteiger partial charge in [-0.2, -0.15) is 0 Å². The van der Waals surface area contributed by atoms with E-state index < -0.39 is 0 Å². The molecule has 0 aliphatic carbocycles. The van der Waals surface area contributed by atoms with Gasteiger partial charge in [0.2, 0.25) is 5.88 Å². The smallest absolute Gasteiger partial charge is 0.213 e. The van der Waals surface area contributed by atoms with Crippen molar-refractivity contribution in [2.45, 2.75) is 12.3 Å². The molecule has 0 radical (unpaired) electrons. The van der Waals surface area contributed by atoms with Crippen LogP contribution in [0, 0.1) is 0 Å². The normalized spacial score (nSPS) is 16.5. The number of fused-ring (bicyclic) bond motifs is 1. The molecular formula is C18H23N3O. The molecule has 4 heteroatoms. The van der Waals surface area contributed by atoms with Crippen LogP contribution >= 0.6 is 0 Å². The zero-order valence-electron chi connectivity index (χ0n) is 13.5. The minimum absolute atomic E-state index is 0.584. The van der Waals surface area contributed by atoms with Crippen molar-refractivity contribution in [2.24, 2.45) is 0 Å². The van der Waals surface area contributed by atoms with E-state index in [1.54, 1.807) is 13.3 Å². The Morgan fingerprint density at radius 3 is 2.82 bits per heavy atom. The summed E-state index contributed by atoms with van der Waals surface area (Å²) in [7, 11) is 5.90. The minimum atomic E-state index is 0.584. The fourth-order valence-corrected chi connectivity index (χ4v) is 2.96. The predicted octanol–water partition coefficient (Wildman–Crippen LogP) is 3.22. The van der Waals surface area contributed by atoms with Gasteiger partial charge in [0.15, 0.2) is 0 Å². The second-order valence-corrected chi connectivity index (χ2v) is 6.06. The SMILES string of the molecule is COc1cc(-c2ccc3c(c2)C(CCN(C)C)CN3)ccn1. The van der Waals surface area contributed by atoms with Gasteiger partial charge < -0.3 is 15.0 Å². The molecule has 0 fully saturated rings. The van der Waals surface area contributed by atoms with Crippen LogP contribution < -0.4 is 10.1 Å². The molecule has 3 rings (SSSR count). The molecule has 1 aliphatic rings. The van der Waals surface area contributed by atoms with Crippen LogP contribution in [-0.2, 0) is 0 Å². The average Bonchev–Trinajstić information content (AvgIpc) is 2.95. The summed E-state index contributed by atoms with van der Waals surface area (Å²) in [5.41, 5.74) is 5.06. The first-order chi connectivity index (χ1) is 10.7. The Kier molecular flexibility index (Phi) is 4.29. The number of aromatic nitrogens is 1. The van der Waals surface area contributed by atoms with E-state index in [9.17, 15) is 0 Å². The fourth-order valence-electron chi connectivity index (χ4n) is 2.96. The number of nitrogens with zero attached hydrogens (tertiary/aromatic N) is 2. The predicted molar refractivity (Wildman–Crippen MR) is 90.6 cm³/mol. The molecule has 2 aromatic rings. The maximum absolute atomic E-state index is 5.23. The Labute approximate surface area is 132 Å². The van der Waals surface area contributed by atoms with E-state index in [4.69, 9.17) is 4.74 Å². The van der Waals surface area contributed by atoms with Crippen LogP contribution in [0.1, 0.15) is 17.9 Å². The van der Waals surface area contributed by atoms with Crippen molar-refractivity contribution in [3.8, 4) is 17.0 Å². The largest absolute Gasteiger partial charge is 0.481 e. The molecule has 0 spiro atoms. The van der Waals surface area contributed by atoms with Gasteiger partial charge in [-0.05, 0) is 62.0 Å². The molecule has 1 aromatic carbocycles. The molecule has 0 saturated heterocycles. The summed E-state index contributed by atoms with van der Waals surface area (Å²) in [5.74, 6) is 1.24. The first kappa shape index (κ1) is 14.9. The second-order valence-electron chi connectivity index (χ2n) is 6.06. The number of pyridine rings is 1. The highest BCUT2D eigenvalue weighted by Crippen LogP contribution is 2.37. The van der Waals surface area contributed by atoms with Crippen LogP contribution in [0.25, 0.3) is 11.1 Å². The summed E-state index contributed by atoms with van der Waals surface area (Å²) in [6.45, 7) is 2.14. The lowest BCUT2D eigenvalue weighted by atomic mass is 9.94. The second kappa shape index (κ2) is 6.36. The molecule has 0 amide bonds. The van der Waals surface area contributed by atoms with Gasteiger partial charge in [-0.3, -0.25) is 0 Å². The van der Waals surface area contributed by atoms with Crippen molar-refractivity contribution in [1.82, 2.24) is 9.88 Å². The van der Waals surface area contributed by atoms with Gasteiger partial charge in [-0.25, -0.2) is 4.98 Å². The Balaban J connectivity index is 1.87. The molecule has 4 nitrogen and oxygen atoms in total. The Bertz CT molecular complexity index is 655. The van der Waals surface area contributed by atoms with Crippen LogP contribution in [0.4, 0.5) is 5.69 Å². The summed E-state index contributed by atoms with van der Waals surface area (Å²) in [6.07, 6.45) is 2.97. The van der Waals surface area contributed by atoms with Crippen LogP contribution in [-0.4, -0.2) is 44.2 Å². The molecule has 1 aliphatic heterocycles. The number of rotatable bonds is 5. The third-order valence-corrected chi connectivity index (χ3v) is 4.23. The maximum atomic E-state index is 5.23. The molecule has 0 saturated carbocycles. The van der Waals surface area contributed by atoms with Crippen molar-refractivity contribution in [3.05, 3.63) is 42.1 Å². The summed E-state index contributed by atoms with van der Waals surface area (Å²) in [6, 6.07) is 10.7. The quantitative estimate of drug-likeness (QED) is 0.919. The molecule has 1 unspecified atom stereocenters. The zero-order valence-corrected chi connectivity index (χ0v) is 13.5. The molecule has 1 aromatic heterocycles. The lowest BCUT2D eigenvalue weighted by Gasteiger charge is -2.15. The number of hydrogen-bond donors (Lipinski definition) is 1. The number of methoxy groups -OCH3 is 1. The van der Waals surface area contributed by atoms with Gasteiger partial charge >= 0.3 is 0 Å². The van der Waals surface area contributed by atoms with E-state index >= 15 is 0 Å². The molecule has 2 heterocycles. The summed E-state index contributed by atoms with van der Waals surface area (Å²) in [5, 5.41) is 3.52. The zero-order chi connectivity index (χ0) is 15.5. The first-order valence-corrected chi connectivity index (χ1v) is 7.70. The first-order valence-electron chi connectivity index (χ1n) is 7.70. The monoisotopic (exact) mass is 297 g/mol. The van der Waals surface area contributed by atoms with Crippen molar-refractivity contribution < 1.29 is 4.74 Å². The third-order valence-electron chi connectivity index (χ3n) is 4.23. The van der Waals surface area contributed by atoms with Gasteiger partial charge in [-0.15, -0.1) is 0 Å². The van der Waals surface area contributed by atoms with Gasteiger partial charge in [0.05, 0.1) is 7.11 Å². The highest BCUT2D eigenvalue weighted by atomic mass is 16.5. The highest BCUT2D eigenvalue weighted by molar-refractivity contribution is 5.71. The van der Waals surface area contributed by atoms with Gasteiger partial charge in [0.1, 0.15) is 0 Å². The molecule has 1 N–H and O–H groups in total. The van der Waals surface area contributed by atoms with E-state index in [0.29, 0.717) is 11.8 Å². The standard InChI is InChI=1S/C18H23N3O/c1-21(2)9-7-15-12-20-17-5-4-13(10-16(15)17)14-6-8-19-18(11-14)22-3/h4-6,8,10-11,15,20H,7,9,12H2,1-3H3. The van der Waals surface area contributed by atoms with E-state index in [1.165, 1.54) is 23.2 Å².